The lowest BCUT2D eigenvalue weighted by Gasteiger charge is -2.17. The molecule has 0 radical (unpaired) electrons. The maximum Gasteiger partial charge on any atom is 0.0568 e. The molecule has 2 unspecified atom stereocenters. The van der Waals surface area contributed by atoms with Crippen LogP contribution >= 0.6 is 0 Å². The fourth-order valence-corrected chi connectivity index (χ4v) is 1.18. The highest BCUT2D eigenvalue weighted by Gasteiger charge is 2.09. The van der Waals surface area contributed by atoms with E-state index in [1.165, 1.54) is 25.7 Å². The first kappa shape index (κ1) is 11.0. The van der Waals surface area contributed by atoms with E-state index >= 15 is 0 Å². The second-order valence-corrected chi connectivity index (χ2v) is 3.41. The van der Waals surface area contributed by atoms with Crippen LogP contribution in [-0.2, 0) is 4.74 Å². The van der Waals surface area contributed by atoms with Crippen molar-refractivity contribution in [2.45, 2.75) is 52.6 Å². The van der Waals surface area contributed by atoms with Crippen LogP contribution in [0.3, 0.4) is 0 Å². The summed E-state index contributed by atoms with van der Waals surface area (Å²) >= 11 is 0. The number of methoxy groups -OCH3 is 1. The third-order valence-electron chi connectivity index (χ3n) is 2.44. The maximum atomic E-state index is 5.24. The van der Waals surface area contributed by atoms with Crippen LogP contribution in [0.1, 0.15) is 46.5 Å². The van der Waals surface area contributed by atoms with Gasteiger partial charge in [-0.15, -0.1) is 0 Å². The molecule has 0 rings (SSSR count). The van der Waals surface area contributed by atoms with Gasteiger partial charge in [-0.25, -0.2) is 0 Å². The van der Waals surface area contributed by atoms with Crippen molar-refractivity contribution < 1.29 is 4.74 Å². The third-order valence-corrected chi connectivity index (χ3v) is 2.44. The molecule has 11 heavy (non-hydrogen) atoms. The van der Waals surface area contributed by atoms with Gasteiger partial charge in [0.1, 0.15) is 0 Å². The summed E-state index contributed by atoms with van der Waals surface area (Å²) in [6.45, 7) is 6.66. The molecule has 1 heteroatoms. The standard InChI is InChI=1S/C10H22O/c1-5-6-7-8-9(2)10(3)11-4/h9-10H,5-8H2,1-4H3. The van der Waals surface area contributed by atoms with E-state index in [2.05, 4.69) is 20.8 Å². The van der Waals surface area contributed by atoms with Crippen molar-refractivity contribution in [2.24, 2.45) is 5.92 Å². The van der Waals surface area contributed by atoms with E-state index in [-0.39, 0.29) is 0 Å². The van der Waals surface area contributed by atoms with Crippen LogP contribution in [0.15, 0.2) is 0 Å². The third kappa shape index (κ3) is 5.25. The Kier molecular flexibility index (Phi) is 6.63. The Bertz CT molecular complexity index is 80.9. The van der Waals surface area contributed by atoms with Crippen molar-refractivity contribution in [1.29, 1.82) is 0 Å². The Morgan fingerprint density at radius 2 is 1.82 bits per heavy atom. The molecule has 0 aliphatic rings. The van der Waals surface area contributed by atoms with Crippen molar-refractivity contribution in [3.8, 4) is 0 Å². The van der Waals surface area contributed by atoms with Crippen molar-refractivity contribution in [3.63, 3.8) is 0 Å². The Hall–Kier alpha value is -0.0400. The van der Waals surface area contributed by atoms with Gasteiger partial charge >= 0.3 is 0 Å². The number of ether oxygens (including phenoxy) is 1. The van der Waals surface area contributed by atoms with E-state index in [0.29, 0.717) is 12.0 Å². The molecule has 0 amide bonds. The summed E-state index contributed by atoms with van der Waals surface area (Å²) in [5.41, 5.74) is 0. The van der Waals surface area contributed by atoms with Crippen molar-refractivity contribution >= 4 is 0 Å². The van der Waals surface area contributed by atoms with Crippen molar-refractivity contribution in [3.05, 3.63) is 0 Å². The first-order valence-electron chi connectivity index (χ1n) is 4.75. The van der Waals surface area contributed by atoms with E-state index in [9.17, 15) is 0 Å². The largest absolute Gasteiger partial charge is 0.381 e. The molecule has 0 N–H and O–H groups in total. The van der Waals surface area contributed by atoms with E-state index in [1.807, 2.05) is 0 Å². The zero-order valence-corrected chi connectivity index (χ0v) is 8.39. The molecule has 0 aromatic rings. The van der Waals surface area contributed by atoms with Crippen LogP contribution in [0, 0.1) is 5.92 Å². The fourth-order valence-electron chi connectivity index (χ4n) is 1.18. The Balaban J connectivity index is 3.28. The molecular weight excluding hydrogens is 136 g/mol. The Morgan fingerprint density at radius 3 is 2.27 bits per heavy atom. The summed E-state index contributed by atoms with van der Waals surface area (Å²) in [6, 6.07) is 0. The maximum absolute atomic E-state index is 5.24. The molecule has 2 atom stereocenters. The molecule has 0 fully saturated rings. The van der Waals surface area contributed by atoms with Crippen LogP contribution in [0.2, 0.25) is 0 Å². The Morgan fingerprint density at radius 1 is 1.18 bits per heavy atom. The average molecular weight is 158 g/mol. The van der Waals surface area contributed by atoms with Gasteiger partial charge in [0.2, 0.25) is 0 Å². The Labute approximate surface area is 71.1 Å². The molecule has 68 valence electrons. The number of hydrogen-bond acceptors (Lipinski definition) is 1. The summed E-state index contributed by atoms with van der Waals surface area (Å²) < 4.78 is 5.24. The molecule has 0 spiro atoms. The minimum atomic E-state index is 0.423. The molecule has 0 heterocycles. The summed E-state index contributed by atoms with van der Waals surface area (Å²) in [5, 5.41) is 0. The highest BCUT2D eigenvalue weighted by molar-refractivity contribution is 4.60. The normalized spacial score (nSPS) is 16.4. The fraction of sp³-hybridized carbons (Fsp3) is 1.00. The predicted molar refractivity (Wildman–Crippen MR) is 49.8 cm³/mol. The van der Waals surface area contributed by atoms with E-state index in [1.54, 1.807) is 7.11 Å². The monoisotopic (exact) mass is 158 g/mol. The zero-order chi connectivity index (χ0) is 8.69. The lowest BCUT2D eigenvalue weighted by atomic mass is 9.98. The van der Waals surface area contributed by atoms with Gasteiger partial charge in [-0.2, -0.15) is 0 Å². The van der Waals surface area contributed by atoms with Crippen LogP contribution in [0.25, 0.3) is 0 Å². The van der Waals surface area contributed by atoms with Gasteiger partial charge in [0, 0.05) is 7.11 Å². The van der Waals surface area contributed by atoms with Gasteiger partial charge in [0.05, 0.1) is 6.10 Å². The zero-order valence-electron chi connectivity index (χ0n) is 8.39. The molecule has 0 saturated carbocycles. The lowest BCUT2D eigenvalue weighted by Crippen LogP contribution is -2.15. The van der Waals surface area contributed by atoms with E-state index < -0.39 is 0 Å². The van der Waals surface area contributed by atoms with Gasteiger partial charge < -0.3 is 4.74 Å². The van der Waals surface area contributed by atoms with E-state index in [4.69, 9.17) is 4.74 Å². The molecule has 0 aromatic heterocycles. The molecular formula is C10H22O. The first-order chi connectivity index (χ1) is 5.22. The topological polar surface area (TPSA) is 9.23 Å². The number of hydrogen-bond donors (Lipinski definition) is 0. The minimum Gasteiger partial charge on any atom is -0.381 e. The SMILES string of the molecule is CCCCCC(C)C(C)OC. The summed E-state index contributed by atoms with van der Waals surface area (Å²) in [6.07, 6.45) is 5.76. The van der Waals surface area contributed by atoms with Gasteiger partial charge in [0.15, 0.2) is 0 Å². The average Bonchev–Trinajstić information content (AvgIpc) is 2.03. The molecule has 0 aliphatic heterocycles. The molecule has 0 saturated heterocycles. The predicted octanol–water partition coefficient (Wildman–Crippen LogP) is 3.24. The quantitative estimate of drug-likeness (QED) is 0.539. The van der Waals surface area contributed by atoms with Crippen LogP contribution < -0.4 is 0 Å². The smallest absolute Gasteiger partial charge is 0.0568 e. The molecule has 1 nitrogen and oxygen atoms in total. The van der Waals surface area contributed by atoms with Crippen molar-refractivity contribution in [2.75, 3.05) is 7.11 Å². The highest BCUT2D eigenvalue weighted by Crippen LogP contribution is 2.14. The highest BCUT2D eigenvalue weighted by atomic mass is 16.5. The molecule has 0 aliphatic carbocycles. The van der Waals surface area contributed by atoms with Gasteiger partial charge in [-0.3, -0.25) is 0 Å². The minimum absolute atomic E-state index is 0.423. The van der Waals surface area contributed by atoms with Gasteiger partial charge in [-0.1, -0.05) is 33.1 Å². The van der Waals surface area contributed by atoms with Crippen LogP contribution in [0.4, 0.5) is 0 Å². The van der Waals surface area contributed by atoms with Gasteiger partial charge in [-0.05, 0) is 19.3 Å². The lowest BCUT2D eigenvalue weighted by molar-refractivity contribution is 0.0694. The van der Waals surface area contributed by atoms with Crippen molar-refractivity contribution in [1.82, 2.24) is 0 Å². The molecule has 0 aromatic carbocycles. The number of unbranched alkanes of at least 4 members (excludes halogenated alkanes) is 2. The number of rotatable bonds is 6. The summed E-state index contributed by atoms with van der Waals surface area (Å²) in [5.74, 6) is 0.714. The second kappa shape index (κ2) is 6.66. The second-order valence-electron chi connectivity index (χ2n) is 3.41. The van der Waals surface area contributed by atoms with Crippen LogP contribution in [-0.4, -0.2) is 13.2 Å². The van der Waals surface area contributed by atoms with Crippen LogP contribution in [0.5, 0.6) is 0 Å². The summed E-state index contributed by atoms with van der Waals surface area (Å²) in [4.78, 5) is 0. The van der Waals surface area contributed by atoms with E-state index in [0.717, 1.165) is 0 Å². The first-order valence-corrected chi connectivity index (χ1v) is 4.75. The van der Waals surface area contributed by atoms with Gasteiger partial charge in [0.25, 0.3) is 0 Å². The summed E-state index contributed by atoms with van der Waals surface area (Å²) in [7, 11) is 1.79. The molecule has 0 bridgehead atoms.